The first kappa shape index (κ1) is 14.9. The number of fused-ring (bicyclic) bond motifs is 1. The summed E-state index contributed by atoms with van der Waals surface area (Å²) in [6.45, 7) is 4.00. The lowest BCUT2D eigenvalue weighted by Crippen LogP contribution is -1.99. The fraction of sp³-hybridized carbons (Fsp3) is 0.105. The van der Waals surface area contributed by atoms with Crippen molar-refractivity contribution in [2.75, 3.05) is 0 Å². The molecule has 2 heterocycles. The third-order valence-electron chi connectivity index (χ3n) is 3.41. The van der Waals surface area contributed by atoms with Crippen LogP contribution < -0.4 is 0 Å². The van der Waals surface area contributed by atoms with Gasteiger partial charge in [-0.25, -0.2) is 15.0 Å². The molecule has 23 heavy (non-hydrogen) atoms. The summed E-state index contributed by atoms with van der Waals surface area (Å²) in [6, 6.07) is 10.1. The van der Waals surface area contributed by atoms with Crippen LogP contribution in [-0.2, 0) is 0 Å². The van der Waals surface area contributed by atoms with E-state index in [1.165, 1.54) is 0 Å². The van der Waals surface area contributed by atoms with Gasteiger partial charge in [-0.15, -0.1) is 0 Å². The van der Waals surface area contributed by atoms with Crippen LogP contribution in [0.1, 0.15) is 13.8 Å². The molecule has 0 N–H and O–H groups in total. The molecule has 1 aromatic carbocycles. The smallest absolute Gasteiger partial charge is 0.168 e. The van der Waals surface area contributed by atoms with Gasteiger partial charge >= 0.3 is 0 Å². The molecule has 0 spiro atoms. The molecule has 0 aliphatic carbocycles. The van der Waals surface area contributed by atoms with Crippen molar-refractivity contribution >= 4 is 16.9 Å². The van der Waals surface area contributed by atoms with Gasteiger partial charge in [-0.1, -0.05) is 48.6 Å². The Balaban J connectivity index is 2.32. The second-order valence-corrected chi connectivity index (χ2v) is 4.99. The van der Waals surface area contributed by atoms with E-state index in [4.69, 9.17) is 4.98 Å². The number of imidazole rings is 1. The maximum atomic E-state index is 4.73. The number of hydrogen-bond donors (Lipinski definition) is 0. The summed E-state index contributed by atoms with van der Waals surface area (Å²) in [5, 5.41) is 0. The number of allylic oxidation sites excluding steroid dienone is 6. The van der Waals surface area contributed by atoms with Gasteiger partial charge in [0.1, 0.15) is 17.7 Å². The average Bonchev–Trinajstić information content (AvgIpc) is 2.99. The molecule has 0 fully saturated rings. The van der Waals surface area contributed by atoms with Crippen molar-refractivity contribution in [2.24, 2.45) is 0 Å². The predicted molar refractivity (Wildman–Crippen MR) is 94.7 cm³/mol. The molecule has 0 atom stereocenters. The zero-order valence-corrected chi connectivity index (χ0v) is 13.2. The van der Waals surface area contributed by atoms with Crippen LogP contribution in [0.25, 0.3) is 28.2 Å². The minimum absolute atomic E-state index is 0.780. The maximum absolute atomic E-state index is 4.73. The quantitative estimate of drug-likeness (QED) is 0.667. The van der Waals surface area contributed by atoms with Crippen molar-refractivity contribution in [3.63, 3.8) is 0 Å². The maximum Gasteiger partial charge on any atom is 0.168 e. The molecule has 4 nitrogen and oxygen atoms in total. The highest BCUT2D eigenvalue weighted by atomic mass is 15.1. The van der Waals surface area contributed by atoms with Crippen LogP contribution in [0.4, 0.5) is 0 Å². The number of hydrogen-bond acceptors (Lipinski definition) is 3. The molecule has 4 heteroatoms. The van der Waals surface area contributed by atoms with Gasteiger partial charge in [0, 0.05) is 11.3 Å². The first-order valence-corrected chi connectivity index (χ1v) is 7.55. The lowest BCUT2D eigenvalue weighted by Gasteiger charge is -2.09. The summed E-state index contributed by atoms with van der Waals surface area (Å²) in [5.41, 5.74) is 3.63. The van der Waals surface area contributed by atoms with Crippen LogP contribution in [-0.4, -0.2) is 19.5 Å². The highest BCUT2D eigenvalue weighted by Gasteiger charge is 2.15. The van der Waals surface area contributed by atoms with E-state index in [1.54, 1.807) is 12.5 Å². The van der Waals surface area contributed by atoms with Gasteiger partial charge in [0.25, 0.3) is 0 Å². The minimum atomic E-state index is 0.780. The first-order chi connectivity index (χ1) is 11.3. The third kappa shape index (κ3) is 2.97. The van der Waals surface area contributed by atoms with E-state index in [0.717, 1.165) is 28.2 Å². The molecule has 0 aliphatic heterocycles. The number of benzene rings is 1. The molecule has 0 saturated heterocycles. The van der Waals surface area contributed by atoms with E-state index in [2.05, 4.69) is 26.7 Å². The van der Waals surface area contributed by atoms with E-state index in [1.807, 2.05) is 62.4 Å². The SMILES string of the molecule is C\C=C/C=C(\C=C/C)n1c(-c2ccccc2)nc2cncnc21. The monoisotopic (exact) mass is 302 g/mol. The Morgan fingerprint density at radius 2 is 1.91 bits per heavy atom. The van der Waals surface area contributed by atoms with Crippen LogP contribution in [0.5, 0.6) is 0 Å². The van der Waals surface area contributed by atoms with E-state index in [9.17, 15) is 0 Å². The highest BCUT2D eigenvalue weighted by Crippen LogP contribution is 2.27. The molecule has 114 valence electrons. The third-order valence-corrected chi connectivity index (χ3v) is 3.41. The molecule has 2 aromatic heterocycles. The summed E-state index contributed by atoms with van der Waals surface area (Å²) < 4.78 is 2.06. The Bertz CT molecular complexity index is 886. The number of aromatic nitrogens is 4. The molecular weight excluding hydrogens is 284 g/mol. The Labute approximate surface area is 135 Å². The second-order valence-electron chi connectivity index (χ2n) is 4.99. The average molecular weight is 302 g/mol. The molecular formula is C19H18N4. The fourth-order valence-corrected chi connectivity index (χ4v) is 2.43. The van der Waals surface area contributed by atoms with Gasteiger partial charge < -0.3 is 0 Å². The van der Waals surface area contributed by atoms with Crippen molar-refractivity contribution < 1.29 is 0 Å². The van der Waals surface area contributed by atoms with E-state index >= 15 is 0 Å². The molecule has 0 unspecified atom stereocenters. The summed E-state index contributed by atoms with van der Waals surface area (Å²) >= 11 is 0. The van der Waals surface area contributed by atoms with Crippen LogP contribution in [0, 0.1) is 0 Å². The lowest BCUT2D eigenvalue weighted by atomic mass is 10.2. The zero-order chi connectivity index (χ0) is 16.1. The summed E-state index contributed by atoms with van der Waals surface area (Å²) in [7, 11) is 0. The second kappa shape index (κ2) is 6.83. The minimum Gasteiger partial charge on any atom is -0.277 e. The van der Waals surface area contributed by atoms with Gasteiger partial charge in [0.2, 0.25) is 0 Å². The van der Waals surface area contributed by atoms with E-state index in [0.29, 0.717) is 0 Å². The molecule has 0 amide bonds. The highest BCUT2D eigenvalue weighted by molar-refractivity contribution is 5.83. The summed E-state index contributed by atoms with van der Waals surface area (Å²) in [6.07, 6.45) is 13.4. The van der Waals surface area contributed by atoms with Crippen LogP contribution in [0.3, 0.4) is 0 Å². The van der Waals surface area contributed by atoms with Crippen molar-refractivity contribution in [1.29, 1.82) is 0 Å². The lowest BCUT2D eigenvalue weighted by molar-refractivity contribution is 1.10. The predicted octanol–water partition coefficient (Wildman–Crippen LogP) is 4.49. The van der Waals surface area contributed by atoms with Crippen molar-refractivity contribution in [2.45, 2.75) is 13.8 Å². The van der Waals surface area contributed by atoms with Crippen molar-refractivity contribution in [1.82, 2.24) is 19.5 Å². The van der Waals surface area contributed by atoms with E-state index < -0.39 is 0 Å². The van der Waals surface area contributed by atoms with Crippen molar-refractivity contribution in [3.05, 3.63) is 73.2 Å². The molecule has 0 radical (unpaired) electrons. The normalized spacial score (nSPS) is 12.7. The Kier molecular flexibility index (Phi) is 4.43. The van der Waals surface area contributed by atoms with Gasteiger partial charge in [0.15, 0.2) is 5.65 Å². The fourth-order valence-electron chi connectivity index (χ4n) is 2.43. The van der Waals surface area contributed by atoms with Gasteiger partial charge in [-0.2, -0.15) is 0 Å². The number of nitrogens with zero attached hydrogens (tertiary/aromatic N) is 4. The van der Waals surface area contributed by atoms with Gasteiger partial charge in [-0.05, 0) is 26.0 Å². The van der Waals surface area contributed by atoms with Gasteiger partial charge in [0.05, 0.1) is 6.20 Å². The summed E-state index contributed by atoms with van der Waals surface area (Å²) in [4.78, 5) is 13.3. The van der Waals surface area contributed by atoms with Crippen molar-refractivity contribution in [3.8, 4) is 11.4 Å². The molecule has 0 saturated carbocycles. The topological polar surface area (TPSA) is 43.6 Å². The van der Waals surface area contributed by atoms with Crippen LogP contribution in [0.15, 0.2) is 73.2 Å². The van der Waals surface area contributed by atoms with Crippen LogP contribution >= 0.6 is 0 Å². The standard InChI is InChI=1S/C19H18N4/c1-3-5-12-16(9-4-2)23-18(15-10-7-6-8-11-15)22-17-13-20-14-21-19(17)23/h3-14H,1-2H3/b5-3-,9-4-,16-12+. The number of rotatable bonds is 4. The first-order valence-electron chi connectivity index (χ1n) is 7.55. The Morgan fingerprint density at radius 1 is 1.09 bits per heavy atom. The molecule has 0 bridgehead atoms. The van der Waals surface area contributed by atoms with Gasteiger partial charge in [-0.3, -0.25) is 4.57 Å². The molecule has 3 aromatic rings. The summed E-state index contributed by atoms with van der Waals surface area (Å²) in [5.74, 6) is 0.856. The molecule has 3 rings (SSSR count). The Morgan fingerprint density at radius 3 is 2.65 bits per heavy atom. The van der Waals surface area contributed by atoms with E-state index in [-0.39, 0.29) is 0 Å². The molecule has 0 aliphatic rings. The zero-order valence-electron chi connectivity index (χ0n) is 13.2. The van der Waals surface area contributed by atoms with Crippen LogP contribution in [0.2, 0.25) is 0 Å². The largest absolute Gasteiger partial charge is 0.277 e. The Hall–Kier alpha value is -3.01.